The van der Waals surface area contributed by atoms with Crippen molar-refractivity contribution in [1.29, 1.82) is 0 Å². The van der Waals surface area contributed by atoms with Crippen LogP contribution < -0.4 is 10.1 Å². The van der Waals surface area contributed by atoms with Crippen molar-refractivity contribution < 1.29 is 9.53 Å². The molecule has 0 spiro atoms. The van der Waals surface area contributed by atoms with E-state index in [-0.39, 0.29) is 12.0 Å². The maximum Gasteiger partial charge on any atom is 0.264 e. The van der Waals surface area contributed by atoms with Crippen LogP contribution in [0.4, 0.5) is 0 Å². The topological polar surface area (TPSA) is 44.8 Å². The van der Waals surface area contributed by atoms with E-state index in [4.69, 9.17) is 4.74 Å². The summed E-state index contributed by atoms with van der Waals surface area (Å²) in [4.78, 5) is 16.9. The van der Waals surface area contributed by atoms with Crippen molar-refractivity contribution in [1.82, 2.24) is 15.1 Å². The minimum Gasteiger partial charge on any atom is -0.480 e. The fourth-order valence-electron chi connectivity index (χ4n) is 3.44. The van der Waals surface area contributed by atoms with Crippen LogP contribution in [-0.2, 0) is 11.2 Å². The molecule has 3 aliphatic heterocycles. The van der Waals surface area contributed by atoms with Crippen LogP contribution >= 0.6 is 0 Å². The maximum atomic E-state index is 12.5. The second kappa shape index (κ2) is 5.31. The Morgan fingerprint density at radius 2 is 1.95 bits per heavy atom. The Morgan fingerprint density at radius 1 is 1.19 bits per heavy atom. The summed E-state index contributed by atoms with van der Waals surface area (Å²) in [5, 5.41) is 3.36. The van der Waals surface area contributed by atoms with Gasteiger partial charge < -0.3 is 15.0 Å². The van der Waals surface area contributed by atoms with E-state index >= 15 is 0 Å². The molecule has 1 atom stereocenters. The van der Waals surface area contributed by atoms with E-state index in [0.29, 0.717) is 12.5 Å². The van der Waals surface area contributed by atoms with Gasteiger partial charge in [0.2, 0.25) is 0 Å². The van der Waals surface area contributed by atoms with Crippen LogP contribution in [0.2, 0.25) is 0 Å². The predicted molar refractivity (Wildman–Crippen MR) is 79.4 cm³/mol. The molecule has 0 aliphatic carbocycles. The lowest BCUT2D eigenvalue weighted by Crippen LogP contribution is -2.65. The Balaban J connectivity index is 1.32. The molecule has 1 N–H and O–H groups in total. The van der Waals surface area contributed by atoms with Crippen molar-refractivity contribution in [3.8, 4) is 5.75 Å². The number of carbonyl (C=O) groups is 1. The summed E-state index contributed by atoms with van der Waals surface area (Å²) in [6.07, 6.45) is 0.399. The lowest BCUT2D eigenvalue weighted by molar-refractivity contribution is -0.145. The van der Waals surface area contributed by atoms with Crippen LogP contribution in [0, 0.1) is 0 Å². The van der Waals surface area contributed by atoms with Gasteiger partial charge in [0, 0.05) is 51.7 Å². The van der Waals surface area contributed by atoms with Gasteiger partial charge in [0.15, 0.2) is 6.10 Å². The first-order valence-electron chi connectivity index (χ1n) is 7.79. The van der Waals surface area contributed by atoms with Crippen molar-refractivity contribution in [3.05, 3.63) is 29.8 Å². The Morgan fingerprint density at radius 3 is 2.71 bits per heavy atom. The molecule has 0 aromatic heterocycles. The van der Waals surface area contributed by atoms with Crippen LogP contribution in [0.15, 0.2) is 24.3 Å². The van der Waals surface area contributed by atoms with Crippen LogP contribution in [0.3, 0.4) is 0 Å². The molecule has 5 nitrogen and oxygen atoms in total. The van der Waals surface area contributed by atoms with Crippen LogP contribution in [-0.4, -0.2) is 67.1 Å². The first kappa shape index (κ1) is 13.1. The number of benzene rings is 1. The van der Waals surface area contributed by atoms with Gasteiger partial charge in [-0.05, 0) is 11.6 Å². The van der Waals surface area contributed by atoms with Crippen LogP contribution in [0.25, 0.3) is 0 Å². The fourth-order valence-corrected chi connectivity index (χ4v) is 3.44. The fraction of sp³-hybridized carbons (Fsp3) is 0.562. The molecule has 21 heavy (non-hydrogen) atoms. The van der Waals surface area contributed by atoms with E-state index in [1.807, 2.05) is 29.2 Å². The zero-order chi connectivity index (χ0) is 14.2. The number of para-hydroxylation sites is 1. The summed E-state index contributed by atoms with van der Waals surface area (Å²) >= 11 is 0. The Labute approximate surface area is 124 Å². The molecular weight excluding hydrogens is 266 g/mol. The highest BCUT2D eigenvalue weighted by Crippen LogP contribution is 2.30. The number of fused-ring (bicyclic) bond motifs is 1. The molecule has 0 bridgehead atoms. The van der Waals surface area contributed by atoms with E-state index in [2.05, 4.69) is 10.2 Å². The van der Waals surface area contributed by atoms with Gasteiger partial charge in [-0.3, -0.25) is 9.69 Å². The quantitative estimate of drug-likeness (QED) is 0.838. The van der Waals surface area contributed by atoms with E-state index in [0.717, 1.165) is 50.6 Å². The van der Waals surface area contributed by atoms with E-state index in [9.17, 15) is 4.79 Å². The minimum absolute atomic E-state index is 0.151. The molecule has 1 unspecified atom stereocenters. The van der Waals surface area contributed by atoms with Crippen molar-refractivity contribution in [2.75, 3.05) is 39.3 Å². The van der Waals surface area contributed by atoms with Gasteiger partial charge in [-0.15, -0.1) is 0 Å². The van der Waals surface area contributed by atoms with Crippen LogP contribution in [0.5, 0.6) is 5.75 Å². The van der Waals surface area contributed by atoms with Crippen molar-refractivity contribution in [2.45, 2.75) is 18.6 Å². The van der Waals surface area contributed by atoms with Crippen molar-refractivity contribution >= 4 is 5.91 Å². The first-order valence-corrected chi connectivity index (χ1v) is 7.79. The van der Waals surface area contributed by atoms with Gasteiger partial charge in [-0.25, -0.2) is 0 Å². The highest BCUT2D eigenvalue weighted by atomic mass is 16.5. The summed E-state index contributed by atoms with van der Waals surface area (Å²) in [7, 11) is 0. The standard InChI is InChI=1S/C16H21N3O2/c20-16(15-9-12-3-1-2-4-14(12)21-15)19-10-13(11-19)18-7-5-17-6-8-18/h1-4,13,15,17H,5-11H2. The monoisotopic (exact) mass is 287 g/mol. The number of hydrogen-bond acceptors (Lipinski definition) is 4. The van der Waals surface area contributed by atoms with Gasteiger partial charge in [-0.1, -0.05) is 18.2 Å². The summed E-state index contributed by atoms with van der Waals surface area (Å²) in [6.45, 7) is 6.02. The summed E-state index contributed by atoms with van der Waals surface area (Å²) in [5.74, 6) is 1.02. The second-order valence-electron chi connectivity index (χ2n) is 6.10. The third-order valence-electron chi connectivity index (χ3n) is 4.76. The average molecular weight is 287 g/mol. The average Bonchev–Trinajstić information content (AvgIpc) is 2.90. The van der Waals surface area contributed by atoms with Crippen molar-refractivity contribution in [3.63, 3.8) is 0 Å². The van der Waals surface area contributed by atoms with Gasteiger partial charge >= 0.3 is 0 Å². The largest absolute Gasteiger partial charge is 0.480 e. The summed E-state index contributed by atoms with van der Waals surface area (Å²) in [6, 6.07) is 8.49. The molecule has 1 aromatic rings. The molecule has 1 aromatic carbocycles. The number of ether oxygens (including phenoxy) is 1. The molecule has 3 aliphatic rings. The highest BCUT2D eigenvalue weighted by molar-refractivity contribution is 5.83. The third-order valence-corrected chi connectivity index (χ3v) is 4.76. The molecule has 3 heterocycles. The number of likely N-dealkylation sites (tertiary alicyclic amines) is 1. The Bertz CT molecular complexity index is 511. The first-order chi connectivity index (χ1) is 10.3. The van der Waals surface area contributed by atoms with E-state index in [1.54, 1.807) is 0 Å². The number of carbonyl (C=O) groups excluding carboxylic acids is 1. The molecule has 2 fully saturated rings. The van der Waals surface area contributed by atoms with E-state index < -0.39 is 0 Å². The predicted octanol–water partition coefficient (Wildman–Crippen LogP) is 0.106. The van der Waals surface area contributed by atoms with E-state index in [1.165, 1.54) is 0 Å². The number of hydrogen-bond donors (Lipinski definition) is 1. The molecule has 1 amide bonds. The van der Waals surface area contributed by atoms with Crippen LogP contribution in [0.1, 0.15) is 5.56 Å². The summed E-state index contributed by atoms with van der Waals surface area (Å²) < 4.78 is 5.79. The molecule has 0 saturated carbocycles. The molecular formula is C16H21N3O2. The van der Waals surface area contributed by atoms with Gasteiger partial charge in [0.05, 0.1) is 0 Å². The number of nitrogens with zero attached hydrogens (tertiary/aromatic N) is 2. The normalized spacial score (nSPS) is 26.1. The third kappa shape index (κ3) is 2.40. The second-order valence-corrected chi connectivity index (χ2v) is 6.10. The lowest BCUT2D eigenvalue weighted by Gasteiger charge is -2.47. The molecule has 2 saturated heterocycles. The smallest absolute Gasteiger partial charge is 0.264 e. The van der Waals surface area contributed by atoms with Gasteiger partial charge in [-0.2, -0.15) is 0 Å². The van der Waals surface area contributed by atoms with Gasteiger partial charge in [0.1, 0.15) is 5.75 Å². The van der Waals surface area contributed by atoms with Gasteiger partial charge in [0.25, 0.3) is 5.91 Å². The number of amides is 1. The zero-order valence-electron chi connectivity index (χ0n) is 12.1. The highest BCUT2D eigenvalue weighted by Gasteiger charge is 2.40. The molecule has 5 heteroatoms. The molecule has 0 radical (unpaired) electrons. The Kier molecular flexibility index (Phi) is 3.31. The summed E-state index contributed by atoms with van der Waals surface area (Å²) in [5.41, 5.74) is 1.15. The SMILES string of the molecule is O=C(C1Cc2ccccc2O1)N1CC(N2CCNCC2)C1. The molecule has 112 valence electrons. The number of nitrogens with one attached hydrogen (secondary N) is 1. The molecule has 4 rings (SSSR count). The number of piperazine rings is 1. The number of rotatable bonds is 2. The van der Waals surface area contributed by atoms with Crippen molar-refractivity contribution in [2.24, 2.45) is 0 Å². The zero-order valence-corrected chi connectivity index (χ0v) is 12.1. The Hall–Kier alpha value is -1.59. The lowest BCUT2D eigenvalue weighted by atomic mass is 10.0. The maximum absolute atomic E-state index is 12.5. The minimum atomic E-state index is -0.314.